The fraction of sp³-hybridized carbons (Fsp3) is 0.0833. The fourth-order valence-corrected chi connectivity index (χ4v) is 1.59. The highest BCUT2D eigenvalue weighted by Crippen LogP contribution is 2.24. The van der Waals surface area contributed by atoms with Crippen molar-refractivity contribution in [1.29, 1.82) is 0 Å². The van der Waals surface area contributed by atoms with Crippen LogP contribution in [0.1, 0.15) is 5.56 Å². The van der Waals surface area contributed by atoms with Gasteiger partial charge in [-0.1, -0.05) is 17.7 Å². The second kappa shape index (κ2) is 5.19. The summed E-state index contributed by atoms with van der Waals surface area (Å²) in [6.45, 7) is 0. The van der Waals surface area contributed by atoms with E-state index < -0.39 is 0 Å². The van der Waals surface area contributed by atoms with Crippen molar-refractivity contribution in [3.63, 3.8) is 0 Å². The van der Waals surface area contributed by atoms with Gasteiger partial charge in [-0.25, -0.2) is 0 Å². The lowest BCUT2D eigenvalue weighted by Gasteiger charge is -2.06. The fourth-order valence-electron chi connectivity index (χ4n) is 1.26. The van der Waals surface area contributed by atoms with E-state index in [-0.39, 0.29) is 0 Å². The van der Waals surface area contributed by atoms with Gasteiger partial charge in [-0.15, -0.1) is 11.6 Å². The summed E-state index contributed by atoms with van der Waals surface area (Å²) in [5.41, 5.74) is 0.918. The molecule has 1 aromatic heterocycles. The maximum absolute atomic E-state index is 5.85. The first kappa shape index (κ1) is 11.2. The first-order chi connectivity index (χ1) is 7.78. The summed E-state index contributed by atoms with van der Waals surface area (Å²) in [5.74, 6) is 1.75. The Morgan fingerprint density at radius 3 is 2.75 bits per heavy atom. The minimum absolute atomic E-state index is 0.416. The van der Waals surface area contributed by atoms with Crippen LogP contribution in [0.15, 0.2) is 42.7 Å². The number of hydrogen-bond donors (Lipinski definition) is 0. The summed E-state index contributed by atoms with van der Waals surface area (Å²) in [4.78, 5) is 4.03. The Kier molecular flexibility index (Phi) is 3.65. The van der Waals surface area contributed by atoms with Crippen molar-refractivity contribution in [2.45, 2.75) is 5.88 Å². The van der Waals surface area contributed by atoms with Crippen molar-refractivity contribution in [1.82, 2.24) is 4.98 Å². The van der Waals surface area contributed by atoms with E-state index in [1.54, 1.807) is 24.5 Å². The van der Waals surface area contributed by atoms with Crippen LogP contribution < -0.4 is 4.74 Å². The van der Waals surface area contributed by atoms with E-state index in [9.17, 15) is 0 Å². The van der Waals surface area contributed by atoms with Gasteiger partial charge in [0.15, 0.2) is 0 Å². The molecule has 0 saturated carbocycles. The molecular formula is C12H9Cl2NO. The molecule has 2 nitrogen and oxygen atoms in total. The van der Waals surface area contributed by atoms with Crippen LogP contribution in [0.4, 0.5) is 0 Å². The number of pyridine rings is 1. The molecule has 0 N–H and O–H groups in total. The van der Waals surface area contributed by atoms with Crippen LogP contribution in [0.2, 0.25) is 5.02 Å². The second-order valence-electron chi connectivity index (χ2n) is 3.22. The van der Waals surface area contributed by atoms with Crippen LogP contribution in [0.25, 0.3) is 0 Å². The SMILES string of the molecule is ClCc1cncc(Oc2cccc(Cl)c2)c1. The van der Waals surface area contributed by atoms with E-state index in [0.29, 0.717) is 22.4 Å². The van der Waals surface area contributed by atoms with E-state index in [2.05, 4.69) is 4.98 Å². The van der Waals surface area contributed by atoms with Gasteiger partial charge in [0.25, 0.3) is 0 Å². The number of alkyl halides is 1. The number of rotatable bonds is 3. The van der Waals surface area contributed by atoms with E-state index in [4.69, 9.17) is 27.9 Å². The molecule has 0 spiro atoms. The van der Waals surface area contributed by atoms with E-state index >= 15 is 0 Å². The maximum atomic E-state index is 5.85. The van der Waals surface area contributed by atoms with Gasteiger partial charge in [0.05, 0.1) is 6.20 Å². The minimum atomic E-state index is 0.416. The third-order valence-corrected chi connectivity index (χ3v) is 2.50. The summed E-state index contributed by atoms with van der Waals surface area (Å²) >= 11 is 11.6. The first-order valence-electron chi connectivity index (χ1n) is 4.71. The molecule has 0 saturated heterocycles. The molecule has 2 rings (SSSR count). The van der Waals surface area contributed by atoms with E-state index in [0.717, 1.165) is 5.56 Å². The minimum Gasteiger partial charge on any atom is -0.456 e. The van der Waals surface area contributed by atoms with Gasteiger partial charge in [-0.2, -0.15) is 0 Å². The van der Waals surface area contributed by atoms with Gasteiger partial charge in [0.1, 0.15) is 11.5 Å². The van der Waals surface area contributed by atoms with Crippen molar-refractivity contribution in [2.24, 2.45) is 0 Å². The molecule has 0 unspecified atom stereocenters. The summed E-state index contributed by atoms with van der Waals surface area (Å²) in [7, 11) is 0. The van der Waals surface area contributed by atoms with Crippen LogP contribution in [-0.2, 0) is 5.88 Å². The molecule has 0 aliphatic rings. The molecular weight excluding hydrogens is 245 g/mol. The standard InChI is InChI=1S/C12H9Cl2NO/c13-6-9-4-12(8-15-7-9)16-11-3-1-2-10(14)5-11/h1-5,7-8H,6H2. The van der Waals surface area contributed by atoms with Gasteiger partial charge >= 0.3 is 0 Å². The van der Waals surface area contributed by atoms with Crippen molar-refractivity contribution in [2.75, 3.05) is 0 Å². The topological polar surface area (TPSA) is 22.1 Å². The van der Waals surface area contributed by atoms with E-state index in [1.165, 1.54) is 0 Å². The van der Waals surface area contributed by atoms with Crippen molar-refractivity contribution >= 4 is 23.2 Å². The zero-order valence-electron chi connectivity index (χ0n) is 8.36. The van der Waals surface area contributed by atoms with Gasteiger partial charge in [0, 0.05) is 17.1 Å². The molecule has 0 aliphatic carbocycles. The second-order valence-corrected chi connectivity index (χ2v) is 3.93. The Labute approximate surface area is 104 Å². The number of halogens is 2. The van der Waals surface area contributed by atoms with Crippen LogP contribution >= 0.6 is 23.2 Å². The smallest absolute Gasteiger partial charge is 0.146 e. The number of aromatic nitrogens is 1. The van der Waals surface area contributed by atoms with Crippen LogP contribution in [0, 0.1) is 0 Å². The Bertz CT molecular complexity index is 488. The van der Waals surface area contributed by atoms with Gasteiger partial charge < -0.3 is 4.74 Å². The van der Waals surface area contributed by atoms with Gasteiger partial charge in [-0.05, 0) is 29.8 Å². The lowest BCUT2D eigenvalue weighted by molar-refractivity contribution is 0.480. The van der Waals surface area contributed by atoms with Gasteiger partial charge in [0.2, 0.25) is 0 Å². The highest BCUT2D eigenvalue weighted by atomic mass is 35.5. The van der Waals surface area contributed by atoms with Crippen molar-refractivity contribution in [3.8, 4) is 11.5 Å². The molecule has 4 heteroatoms. The lowest BCUT2D eigenvalue weighted by Crippen LogP contribution is -1.87. The molecule has 0 aliphatic heterocycles. The van der Waals surface area contributed by atoms with Gasteiger partial charge in [-0.3, -0.25) is 4.98 Å². The third kappa shape index (κ3) is 2.87. The first-order valence-corrected chi connectivity index (χ1v) is 5.62. The number of hydrogen-bond acceptors (Lipinski definition) is 2. The Hall–Kier alpha value is -1.25. The monoisotopic (exact) mass is 253 g/mol. The number of ether oxygens (including phenoxy) is 1. The molecule has 0 radical (unpaired) electrons. The summed E-state index contributed by atoms with van der Waals surface area (Å²) in [6.07, 6.45) is 3.34. The molecule has 0 fully saturated rings. The summed E-state index contributed by atoms with van der Waals surface area (Å²) in [5, 5.41) is 0.638. The molecule has 0 atom stereocenters. The van der Waals surface area contributed by atoms with Crippen LogP contribution in [0.3, 0.4) is 0 Å². The molecule has 2 aromatic rings. The van der Waals surface area contributed by atoms with Crippen LogP contribution in [0.5, 0.6) is 11.5 Å². The van der Waals surface area contributed by atoms with E-state index in [1.807, 2.05) is 18.2 Å². The third-order valence-electron chi connectivity index (χ3n) is 1.96. The number of benzene rings is 1. The Balaban J connectivity index is 2.20. The number of nitrogens with zero attached hydrogens (tertiary/aromatic N) is 1. The highest BCUT2D eigenvalue weighted by Gasteiger charge is 2.00. The molecule has 1 aromatic carbocycles. The molecule has 1 heterocycles. The normalized spacial score (nSPS) is 10.1. The molecule has 16 heavy (non-hydrogen) atoms. The van der Waals surface area contributed by atoms with Crippen LogP contribution in [-0.4, -0.2) is 4.98 Å². The van der Waals surface area contributed by atoms with Crippen molar-refractivity contribution < 1.29 is 4.74 Å². The predicted molar refractivity (Wildman–Crippen MR) is 65.3 cm³/mol. The maximum Gasteiger partial charge on any atom is 0.146 e. The molecule has 0 amide bonds. The average molecular weight is 254 g/mol. The Morgan fingerprint density at radius 1 is 1.12 bits per heavy atom. The van der Waals surface area contributed by atoms with Crippen molar-refractivity contribution in [3.05, 3.63) is 53.3 Å². The zero-order valence-corrected chi connectivity index (χ0v) is 9.87. The lowest BCUT2D eigenvalue weighted by atomic mass is 10.3. The average Bonchev–Trinajstić information content (AvgIpc) is 2.29. The summed E-state index contributed by atoms with van der Waals surface area (Å²) in [6, 6.07) is 9.05. The quantitative estimate of drug-likeness (QED) is 0.763. The zero-order chi connectivity index (χ0) is 11.4. The predicted octanol–water partition coefficient (Wildman–Crippen LogP) is 4.27. The molecule has 0 bridgehead atoms. The molecule has 82 valence electrons. The highest BCUT2D eigenvalue weighted by molar-refractivity contribution is 6.30. The Morgan fingerprint density at radius 2 is 2.00 bits per heavy atom. The largest absolute Gasteiger partial charge is 0.456 e. The summed E-state index contributed by atoms with van der Waals surface area (Å²) < 4.78 is 5.60.